The number of hydrogen-bond acceptors (Lipinski definition) is 2. The summed E-state index contributed by atoms with van der Waals surface area (Å²) in [5.74, 6) is -1.38. The zero-order valence-corrected chi connectivity index (χ0v) is 17.1. The molecule has 1 heterocycles. The molecule has 0 aliphatic carbocycles. The molecule has 0 bridgehead atoms. The van der Waals surface area contributed by atoms with Crippen LogP contribution in [0.25, 0.3) is 10.8 Å². The van der Waals surface area contributed by atoms with Crippen LogP contribution >= 0.6 is 0 Å². The Morgan fingerprint density at radius 2 is 1.84 bits per heavy atom. The molecule has 3 aromatic carbocycles. The van der Waals surface area contributed by atoms with Gasteiger partial charge < -0.3 is 10.6 Å². The number of rotatable bonds is 7. The molecule has 1 aliphatic rings. The molecule has 1 unspecified atom stereocenters. The highest BCUT2D eigenvalue weighted by molar-refractivity contribution is 5.86. The zero-order valence-electron chi connectivity index (χ0n) is 17.1. The molecule has 1 aliphatic heterocycles. The lowest BCUT2D eigenvalue weighted by molar-refractivity contribution is -0.122. The van der Waals surface area contributed by atoms with E-state index in [1.807, 2.05) is 18.2 Å². The molecule has 2 N–H and O–H groups in total. The summed E-state index contributed by atoms with van der Waals surface area (Å²) in [6, 6.07) is 17.4. The fourth-order valence-corrected chi connectivity index (χ4v) is 4.31. The first kappa shape index (κ1) is 21.0. The van der Waals surface area contributed by atoms with E-state index in [0.717, 1.165) is 34.5 Å². The van der Waals surface area contributed by atoms with E-state index in [9.17, 15) is 18.4 Å². The van der Waals surface area contributed by atoms with Crippen molar-refractivity contribution in [2.24, 2.45) is 0 Å². The van der Waals surface area contributed by atoms with Crippen LogP contribution in [0, 0.1) is 11.6 Å². The van der Waals surface area contributed by atoms with Crippen LogP contribution in [0.15, 0.2) is 60.7 Å². The molecule has 1 atom stereocenters. The molecule has 4 rings (SSSR count). The van der Waals surface area contributed by atoms with Gasteiger partial charge in [-0.05, 0) is 53.8 Å². The summed E-state index contributed by atoms with van der Waals surface area (Å²) in [6.07, 6.45) is 2.37. The van der Waals surface area contributed by atoms with Crippen molar-refractivity contribution in [3.05, 3.63) is 83.4 Å². The number of fused-ring (bicyclic) bond motifs is 1. The number of nitrogens with one attached hydrogen (secondary N) is 2. The van der Waals surface area contributed by atoms with Crippen molar-refractivity contribution in [2.75, 3.05) is 0 Å². The van der Waals surface area contributed by atoms with Crippen LogP contribution in [0.4, 0.5) is 8.78 Å². The van der Waals surface area contributed by atoms with Crippen LogP contribution < -0.4 is 10.6 Å². The average molecular weight is 422 g/mol. The van der Waals surface area contributed by atoms with Gasteiger partial charge in [-0.2, -0.15) is 0 Å². The number of benzene rings is 3. The lowest BCUT2D eigenvalue weighted by Gasteiger charge is -2.30. The second-order valence-electron chi connectivity index (χ2n) is 8.16. The maximum absolute atomic E-state index is 13.8. The second kappa shape index (κ2) is 8.84. The minimum atomic E-state index is -0.558. The van der Waals surface area contributed by atoms with Gasteiger partial charge in [0.15, 0.2) is 0 Å². The van der Waals surface area contributed by atoms with Crippen molar-refractivity contribution in [1.82, 2.24) is 10.6 Å². The molecule has 0 aromatic heterocycles. The van der Waals surface area contributed by atoms with Crippen molar-refractivity contribution in [3.63, 3.8) is 0 Å². The van der Waals surface area contributed by atoms with Crippen LogP contribution in [0.2, 0.25) is 0 Å². The zero-order chi connectivity index (χ0) is 21.8. The van der Waals surface area contributed by atoms with Crippen molar-refractivity contribution < 1.29 is 18.4 Å². The first-order valence-electron chi connectivity index (χ1n) is 10.4. The lowest BCUT2D eigenvalue weighted by Crippen LogP contribution is -2.44. The lowest BCUT2D eigenvalue weighted by atomic mass is 9.83. The van der Waals surface area contributed by atoms with Crippen LogP contribution in [0.1, 0.15) is 36.8 Å². The van der Waals surface area contributed by atoms with Crippen molar-refractivity contribution in [2.45, 2.75) is 44.2 Å². The topological polar surface area (TPSA) is 58.2 Å². The number of carbonyl (C=O) groups excluding carboxylic acids is 2. The summed E-state index contributed by atoms with van der Waals surface area (Å²) in [7, 11) is 0. The minimum Gasteiger partial charge on any atom is -0.352 e. The number of amides is 2. The fourth-order valence-electron chi connectivity index (χ4n) is 4.31. The Labute approximate surface area is 179 Å². The van der Waals surface area contributed by atoms with Gasteiger partial charge in [0.2, 0.25) is 11.8 Å². The van der Waals surface area contributed by atoms with Crippen molar-refractivity contribution in [3.8, 4) is 0 Å². The highest BCUT2D eigenvalue weighted by atomic mass is 19.1. The molecule has 4 nitrogen and oxygen atoms in total. The number of carbonyl (C=O) groups is 2. The summed E-state index contributed by atoms with van der Waals surface area (Å²) < 4.78 is 27.1. The van der Waals surface area contributed by atoms with Gasteiger partial charge in [-0.1, -0.05) is 42.5 Å². The maximum atomic E-state index is 13.8. The van der Waals surface area contributed by atoms with Gasteiger partial charge in [0, 0.05) is 30.5 Å². The van der Waals surface area contributed by atoms with Crippen molar-refractivity contribution in [1.29, 1.82) is 0 Å². The summed E-state index contributed by atoms with van der Waals surface area (Å²) >= 11 is 0. The standard InChI is InChI=1S/C25H24F2N2O2/c26-20-8-9-22(27)19(14-20)16-28-23(30)10-12-25(13-11-24(31)29-25)15-18-6-3-5-17-4-1-2-7-21(17)18/h1-9,14H,10-13,15-16H2,(H,28,30)(H,29,31). The molecular weight excluding hydrogens is 398 g/mol. The molecule has 3 aromatic rings. The maximum Gasteiger partial charge on any atom is 0.220 e. The summed E-state index contributed by atoms with van der Waals surface area (Å²) in [6.45, 7) is -0.0783. The van der Waals surface area contributed by atoms with Crippen LogP contribution in [0.5, 0.6) is 0 Å². The molecule has 1 fully saturated rings. The highest BCUT2D eigenvalue weighted by Gasteiger charge is 2.38. The molecule has 0 spiro atoms. The highest BCUT2D eigenvalue weighted by Crippen LogP contribution is 2.32. The van der Waals surface area contributed by atoms with Gasteiger partial charge in [-0.25, -0.2) is 8.78 Å². The predicted molar refractivity (Wildman–Crippen MR) is 115 cm³/mol. The van der Waals surface area contributed by atoms with Crippen LogP contribution in [-0.4, -0.2) is 17.4 Å². The van der Waals surface area contributed by atoms with Gasteiger partial charge in [-0.15, -0.1) is 0 Å². The molecule has 31 heavy (non-hydrogen) atoms. The van der Waals surface area contributed by atoms with E-state index in [4.69, 9.17) is 0 Å². The first-order chi connectivity index (χ1) is 14.9. The van der Waals surface area contributed by atoms with E-state index in [1.165, 1.54) is 0 Å². The Bertz CT molecular complexity index is 1130. The van der Waals surface area contributed by atoms with E-state index < -0.39 is 17.2 Å². The molecular formula is C25H24F2N2O2. The Balaban J connectivity index is 1.44. The van der Waals surface area contributed by atoms with E-state index in [0.29, 0.717) is 25.7 Å². The first-order valence-corrected chi connectivity index (χ1v) is 10.4. The van der Waals surface area contributed by atoms with Crippen LogP contribution in [0.3, 0.4) is 0 Å². The van der Waals surface area contributed by atoms with Crippen LogP contribution in [-0.2, 0) is 22.6 Å². The summed E-state index contributed by atoms with van der Waals surface area (Å²) in [4.78, 5) is 24.5. The number of halogens is 2. The normalized spacial score (nSPS) is 18.2. The van der Waals surface area contributed by atoms with E-state index in [2.05, 4.69) is 34.9 Å². The third-order valence-electron chi connectivity index (χ3n) is 5.96. The molecule has 1 saturated heterocycles. The molecule has 6 heteroatoms. The Kier molecular flexibility index (Phi) is 5.98. The van der Waals surface area contributed by atoms with E-state index in [1.54, 1.807) is 0 Å². The monoisotopic (exact) mass is 422 g/mol. The van der Waals surface area contributed by atoms with Gasteiger partial charge in [0.25, 0.3) is 0 Å². The number of hydrogen-bond donors (Lipinski definition) is 2. The van der Waals surface area contributed by atoms with Crippen molar-refractivity contribution >= 4 is 22.6 Å². The Morgan fingerprint density at radius 1 is 1.03 bits per heavy atom. The third kappa shape index (κ3) is 4.90. The van der Waals surface area contributed by atoms with Gasteiger partial charge in [0.1, 0.15) is 11.6 Å². The van der Waals surface area contributed by atoms with E-state index in [-0.39, 0.29) is 30.3 Å². The Morgan fingerprint density at radius 3 is 2.65 bits per heavy atom. The van der Waals surface area contributed by atoms with Gasteiger partial charge in [0.05, 0.1) is 0 Å². The average Bonchev–Trinajstić information content (AvgIpc) is 3.14. The van der Waals surface area contributed by atoms with Gasteiger partial charge >= 0.3 is 0 Å². The van der Waals surface area contributed by atoms with E-state index >= 15 is 0 Å². The predicted octanol–water partition coefficient (Wildman–Crippen LogP) is 4.41. The molecule has 0 radical (unpaired) electrons. The quantitative estimate of drug-likeness (QED) is 0.593. The SMILES string of the molecule is O=C(CCC1(Cc2cccc3ccccc23)CCC(=O)N1)NCc1cc(F)ccc1F. The fraction of sp³-hybridized carbons (Fsp3) is 0.280. The molecule has 2 amide bonds. The summed E-state index contributed by atoms with van der Waals surface area (Å²) in [5.41, 5.74) is 0.735. The smallest absolute Gasteiger partial charge is 0.220 e. The summed E-state index contributed by atoms with van der Waals surface area (Å²) in [5, 5.41) is 8.02. The largest absolute Gasteiger partial charge is 0.352 e. The third-order valence-corrected chi connectivity index (χ3v) is 5.96. The molecule has 0 saturated carbocycles. The molecule has 160 valence electrons. The minimum absolute atomic E-state index is 0.0116. The second-order valence-corrected chi connectivity index (χ2v) is 8.16. The Hall–Kier alpha value is -3.28. The van der Waals surface area contributed by atoms with Gasteiger partial charge in [-0.3, -0.25) is 9.59 Å².